The van der Waals surface area contributed by atoms with E-state index < -0.39 is 0 Å². The van der Waals surface area contributed by atoms with Gasteiger partial charge in [0.1, 0.15) is 0 Å². The number of hydrogen-bond acceptors (Lipinski definition) is 0. The fraction of sp³-hybridized carbons (Fsp3) is 0.0909. The molecule has 14 heavy (non-hydrogen) atoms. The standard InChI is InChI=1S/C11H9BrFN/c12-10-6-11(13)14(8-10)7-9-4-2-1-3-5-9/h1-6,8H,7H2. The molecular weight excluding hydrogens is 245 g/mol. The van der Waals surface area contributed by atoms with Gasteiger partial charge in [-0.15, -0.1) is 0 Å². The van der Waals surface area contributed by atoms with E-state index in [1.165, 1.54) is 6.07 Å². The highest BCUT2D eigenvalue weighted by Gasteiger charge is 2.03. The van der Waals surface area contributed by atoms with Crippen LogP contribution in [0.3, 0.4) is 0 Å². The van der Waals surface area contributed by atoms with Crippen molar-refractivity contribution in [1.29, 1.82) is 0 Å². The Balaban J connectivity index is 2.23. The van der Waals surface area contributed by atoms with Crippen molar-refractivity contribution >= 4 is 15.9 Å². The van der Waals surface area contributed by atoms with Crippen molar-refractivity contribution in [3.8, 4) is 0 Å². The summed E-state index contributed by atoms with van der Waals surface area (Å²) in [6, 6.07) is 11.3. The summed E-state index contributed by atoms with van der Waals surface area (Å²) < 4.78 is 15.6. The van der Waals surface area contributed by atoms with Crippen LogP contribution in [0, 0.1) is 5.95 Å². The first-order valence-corrected chi connectivity index (χ1v) is 5.10. The van der Waals surface area contributed by atoms with Gasteiger partial charge in [0.05, 0.1) is 0 Å². The molecule has 0 saturated carbocycles. The lowest BCUT2D eigenvalue weighted by Crippen LogP contribution is -1.99. The molecule has 0 saturated heterocycles. The van der Waals surface area contributed by atoms with E-state index in [1.807, 2.05) is 30.3 Å². The predicted molar refractivity (Wildman–Crippen MR) is 57.6 cm³/mol. The number of rotatable bonds is 2. The van der Waals surface area contributed by atoms with Crippen LogP contribution in [0.5, 0.6) is 0 Å². The van der Waals surface area contributed by atoms with Gasteiger partial charge in [0.25, 0.3) is 0 Å². The Kier molecular flexibility index (Phi) is 2.68. The smallest absolute Gasteiger partial charge is 0.195 e. The molecule has 0 spiro atoms. The first kappa shape index (κ1) is 9.46. The van der Waals surface area contributed by atoms with Gasteiger partial charge in [0.15, 0.2) is 5.95 Å². The first-order valence-electron chi connectivity index (χ1n) is 4.31. The molecule has 0 aliphatic carbocycles. The Labute approximate surface area is 90.3 Å². The van der Waals surface area contributed by atoms with Gasteiger partial charge in [-0.1, -0.05) is 30.3 Å². The molecule has 0 amide bonds. The first-order chi connectivity index (χ1) is 6.75. The average molecular weight is 254 g/mol. The van der Waals surface area contributed by atoms with Crippen molar-refractivity contribution in [3.63, 3.8) is 0 Å². The van der Waals surface area contributed by atoms with Gasteiger partial charge < -0.3 is 4.57 Å². The highest BCUT2D eigenvalue weighted by molar-refractivity contribution is 9.10. The molecule has 3 heteroatoms. The Morgan fingerprint density at radius 2 is 1.93 bits per heavy atom. The third kappa shape index (κ3) is 2.04. The van der Waals surface area contributed by atoms with Gasteiger partial charge in [-0.05, 0) is 21.5 Å². The summed E-state index contributed by atoms with van der Waals surface area (Å²) in [5, 5.41) is 0. The van der Waals surface area contributed by atoms with Crippen LogP contribution in [0.2, 0.25) is 0 Å². The van der Waals surface area contributed by atoms with Crippen molar-refractivity contribution in [2.75, 3.05) is 0 Å². The van der Waals surface area contributed by atoms with E-state index in [-0.39, 0.29) is 5.95 Å². The minimum atomic E-state index is -0.222. The minimum absolute atomic E-state index is 0.222. The van der Waals surface area contributed by atoms with Crippen molar-refractivity contribution in [2.45, 2.75) is 6.54 Å². The lowest BCUT2D eigenvalue weighted by molar-refractivity contribution is 0.516. The molecule has 0 N–H and O–H groups in total. The van der Waals surface area contributed by atoms with E-state index in [4.69, 9.17) is 0 Å². The van der Waals surface area contributed by atoms with Gasteiger partial charge in [0.2, 0.25) is 0 Å². The molecular formula is C11H9BrFN. The fourth-order valence-corrected chi connectivity index (χ4v) is 1.78. The third-order valence-electron chi connectivity index (χ3n) is 2.01. The molecule has 72 valence electrons. The fourth-order valence-electron chi connectivity index (χ4n) is 1.35. The molecule has 0 atom stereocenters. The lowest BCUT2D eigenvalue weighted by atomic mass is 10.2. The molecule has 0 bridgehead atoms. The second kappa shape index (κ2) is 3.96. The summed E-state index contributed by atoms with van der Waals surface area (Å²) in [6.07, 6.45) is 1.74. The molecule has 0 unspecified atom stereocenters. The Morgan fingerprint density at radius 1 is 1.21 bits per heavy atom. The Bertz CT molecular complexity index is 422. The van der Waals surface area contributed by atoms with Crippen LogP contribution in [0.1, 0.15) is 5.56 Å². The zero-order valence-corrected chi connectivity index (χ0v) is 9.04. The summed E-state index contributed by atoms with van der Waals surface area (Å²) in [5.41, 5.74) is 1.09. The quantitative estimate of drug-likeness (QED) is 0.773. The van der Waals surface area contributed by atoms with Gasteiger partial charge in [-0.2, -0.15) is 4.39 Å². The van der Waals surface area contributed by atoms with Crippen LogP contribution in [-0.4, -0.2) is 4.57 Å². The van der Waals surface area contributed by atoms with Crippen LogP contribution in [-0.2, 0) is 6.54 Å². The minimum Gasteiger partial charge on any atom is -0.319 e. The highest BCUT2D eigenvalue weighted by Crippen LogP contribution is 2.15. The summed E-state index contributed by atoms with van der Waals surface area (Å²) >= 11 is 3.24. The van der Waals surface area contributed by atoms with Gasteiger partial charge in [-0.3, -0.25) is 0 Å². The number of aromatic nitrogens is 1. The molecule has 2 aromatic rings. The van der Waals surface area contributed by atoms with Crippen LogP contribution in [0.4, 0.5) is 4.39 Å². The summed E-state index contributed by atoms with van der Waals surface area (Å²) in [6.45, 7) is 0.568. The monoisotopic (exact) mass is 253 g/mol. The zero-order chi connectivity index (χ0) is 9.97. The molecule has 0 radical (unpaired) electrons. The van der Waals surface area contributed by atoms with Gasteiger partial charge in [0, 0.05) is 23.3 Å². The number of hydrogen-bond donors (Lipinski definition) is 0. The third-order valence-corrected chi connectivity index (χ3v) is 2.44. The SMILES string of the molecule is Fc1cc(Br)cn1Cc1ccccc1. The lowest BCUT2D eigenvalue weighted by Gasteiger charge is -2.03. The average Bonchev–Trinajstić information content (AvgIpc) is 2.47. The van der Waals surface area contributed by atoms with Crippen LogP contribution in [0.25, 0.3) is 0 Å². The molecule has 1 heterocycles. The van der Waals surface area contributed by atoms with Crippen molar-refractivity contribution in [1.82, 2.24) is 4.57 Å². The molecule has 0 aliphatic heterocycles. The zero-order valence-electron chi connectivity index (χ0n) is 7.45. The second-order valence-electron chi connectivity index (χ2n) is 3.09. The van der Waals surface area contributed by atoms with Crippen LogP contribution in [0.15, 0.2) is 47.1 Å². The molecule has 0 aliphatic rings. The van der Waals surface area contributed by atoms with E-state index in [0.29, 0.717) is 6.54 Å². The predicted octanol–water partition coefficient (Wildman–Crippen LogP) is 3.44. The van der Waals surface area contributed by atoms with Crippen LogP contribution < -0.4 is 0 Å². The number of benzene rings is 1. The molecule has 2 rings (SSSR count). The molecule has 1 nitrogen and oxygen atoms in total. The maximum absolute atomic E-state index is 13.2. The normalized spacial score (nSPS) is 10.4. The van der Waals surface area contributed by atoms with Crippen molar-refractivity contribution in [2.24, 2.45) is 0 Å². The van der Waals surface area contributed by atoms with Crippen LogP contribution >= 0.6 is 15.9 Å². The second-order valence-corrected chi connectivity index (χ2v) is 4.01. The summed E-state index contributed by atoms with van der Waals surface area (Å²) in [7, 11) is 0. The van der Waals surface area contributed by atoms with E-state index in [1.54, 1.807) is 10.8 Å². The summed E-state index contributed by atoms with van der Waals surface area (Å²) in [4.78, 5) is 0. The molecule has 1 aromatic heterocycles. The van der Waals surface area contributed by atoms with E-state index in [2.05, 4.69) is 15.9 Å². The van der Waals surface area contributed by atoms with Crippen molar-refractivity contribution in [3.05, 3.63) is 58.6 Å². The van der Waals surface area contributed by atoms with E-state index in [9.17, 15) is 4.39 Å². The number of nitrogens with zero attached hydrogens (tertiary/aromatic N) is 1. The molecule has 1 aromatic carbocycles. The van der Waals surface area contributed by atoms with E-state index in [0.717, 1.165) is 10.0 Å². The Morgan fingerprint density at radius 3 is 2.50 bits per heavy atom. The van der Waals surface area contributed by atoms with E-state index >= 15 is 0 Å². The summed E-state index contributed by atoms with van der Waals surface area (Å²) in [5.74, 6) is -0.222. The number of halogens is 2. The topological polar surface area (TPSA) is 4.93 Å². The maximum Gasteiger partial charge on any atom is 0.195 e. The van der Waals surface area contributed by atoms with Gasteiger partial charge >= 0.3 is 0 Å². The Hall–Kier alpha value is -1.09. The highest BCUT2D eigenvalue weighted by atomic mass is 79.9. The maximum atomic E-state index is 13.2. The van der Waals surface area contributed by atoms with Crippen molar-refractivity contribution < 1.29 is 4.39 Å². The molecule has 0 fully saturated rings. The van der Waals surface area contributed by atoms with Gasteiger partial charge in [-0.25, -0.2) is 0 Å². The largest absolute Gasteiger partial charge is 0.319 e.